The van der Waals surface area contributed by atoms with Gasteiger partial charge in [-0.05, 0) is 56.3 Å². The van der Waals surface area contributed by atoms with Crippen molar-refractivity contribution < 1.29 is 4.79 Å². The van der Waals surface area contributed by atoms with Crippen molar-refractivity contribution in [1.82, 2.24) is 10.2 Å². The fourth-order valence-corrected chi connectivity index (χ4v) is 3.06. The van der Waals surface area contributed by atoms with E-state index in [1.807, 2.05) is 6.08 Å². The van der Waals surface area contributed by atoms with Gasteiger partial charge in [-0.2, -0.15) is 0 Å². The molecule has 0 aliphatic carbocycles. The first-order valence-electron chi connectivity index (χ1n) is 8.88. The quantitative estimate of drug-likeness (QED) is 0.782. The molecule has 1 unspecified atom stereocenters. The molecule has 1 N–H and O–H groups in total. The zero-order valence-corrected chi connectivity index (χ0v) is 14.5. The molecule has 0 aromatic heterocycles. The average molecular weight is 314 g/mol. The minimum atomic E-state index is 0.0508. The lowest BCUT2D eigenvalue weighted by atomic mass is 10.0. The summed E-state index contributed by atoms with van der Waals surface area (Å²) in [7, 11) is 0. The van der Waals surface area contributed by atoms with Gasteiger partial charge in [0.1, 0.15) is 0 Å². The predicted octanol–water partition coefficient (Wildman–Crippen LogP) is 3.41. The van der Waals surface area contributed by atoms with Gasteiger partial charge in [-0.25, -0.2) is 0 Å². The monoisotopic (exact) mass is 314 g/mol. The molecule has 0 saturated carbocycles. The Morgan fingerprint density at radius 2 is 2.13 bits per heavy atom. The Labute approximate surface area is 140 Å². The highest BCUT2D eigenvalue weighted by Gasteiger charge is 2.20. The molecule has 1 saturated heterocycles. The maximum Gasteiger partial charge on any atom is 0.243 e. The summed E-state index contributed by atoms with van der Waals surface area (Å²) in [6, 6.07) is 11.0. The Morgan fingerprint density at radius 1 is 1.35 bits per heavy atom. The zero-order chi connectivity index (χ0) is 16.5. The molecule has 2 rings (SSSR count). The van der Waals surface area contributed by atoms with Crippen molar-refractivity contribution in [3.63, 3.8) is 0 Å². The van der Waals surface area contributed by atoms with E-state index in [2.05, 4.69) is 54.4 Å². The molecule has 0 spiro atoms. The number of likely N-dealkylation sites (tertiary alicyclic amines) is 1. The third-order valence-electron chi connectivity index (χ3n) is 4.27. The Balaban J connectivity index is 1.69. The molecule has 1 amide bonds. The van der Waals surface area contributed by atoms with Crippen LogP contribution >= 0.6 is 0 Å². The van der Waals surface area contributed by atoms with E-state index in [0.29, 0.717) is 12.0 Å². The van der Waals surface area contributed by atoms with Gasteiger partial charge in [0.25, 0.3) is 0 Å². The predicted molar refractivity (Wildman–Crippen MR) is 96.3 cm³/mol. The van der Waals surface area contributed by atoms with E-state index in [4.69, 9.17) is 0 Å². The minimum Gasteiger partial charge on any atom is -0.349 e. The number of amides is 1. The Bertz CT molecular complexity index is 496. The Kier molecular flexibility index (Phi) is 7.34. The summed E-state index contributed by atoms with van der Waals surface area (Å²) in [5.41, 5.74) is 1.41. The molecule has 0 bridgehead atoms. The normalized spacial score (nSPS) is 19.3. The van der Waals surface area contributed by atoms with E-state index in [1.165, 1.54) is 18.4 Å². The van der Waals surface area contributed by atoms with Gasteiger partial charge in [0, 0.05) is 12.6 Å². The van der Waals surface area contributed by atoms with Crippen LogP contribution in [-0.4, -0.2) is 36.5 Å². The second-order valence-corrected chi connectivity index (χ2v) is 6.84. The third kappa shape index (κ3) is 7.00. The van der Waals surface area contributed by atoms with Crippen LogP contribution in [0.25, 0.3) is 0 Å². The number of piperidine rings is 1. The molecule has 1 atom stereocenters. The van der Waals surface area contributed by atoms with E-state index in [0.717, 1.165) is 32.5 Å². The highest BCUT2D eigenvalue weighted by molar-refractivity contribution is 5.87. The summed E-state index contributed by atoms with van der Waals surface area (Å²) in [4.78, 5) is 14.4. The van der Waals surface area contributed by atoms with Crippen molar-refractivity contribution in [2.75, 3.05) is 19.6 Å². The number of hydrogen-bond donors (Lipinski definition) is 1. The number of allylic oxidation sites excluding steroid dienone is 1. The highest BCUT2D eigenvalue weighted by Crippen LogP contribution is 2.12. The van der Waals surface area contributed by atoms with Crippen LogP contribution in [0.15, 0.2) is 42.5 Å². The molecule has 1 aromatic rings. The molecule has 126 valence electrons. The Morgan fingerprint density at radius 3 is 2.87 bits per heavy atom. The molecule has 1 aliphatic rings. The smallest absolute Gasteiger partial charge is 0.243 e. The number of aryl methyl sites for hydroxylation is 1. The number of benzene rings is 1. The minimum absolute atomic E-state index is 0.0508. The SMILES string of the molecule is CC(C)C=CC(=O)NC1CCCN(CCCc2ccccc2)C1. The number of carbonyl (C=O) groups excluding carboxylic acids is 1. The van der Waals surface area contributed by atoms with Crippen LogP contribution in [0, 0.1) is 5.92 Å². The summed E-state index contributed by atoms with van der Waals surface area (Å²) in [6.45, 7) is 7.42. The zero-order valence-electron chi connectivity index (χ0n) is 14.5. The molecular formula is C20H30N2O. The van der Waals surface area contributed by atoms with Crippen molar-refractivity contribution in [3.05, 3.63) is 48.0 Å². The largest absolute Gasteiger partial charge is 0.349 e. The maximum atomic E-state index is 11.9. The number of rotatable bonds is 7. The third-order valence-corrected chi connectivity index (χ3v) is 4.27. The lowest BCUT2D eigenvalue weighted by Crippen LogP contribution is -2.47. The van der Waals surface area contributed by atoms with Gasteiger partial charge in [0.2, 0.25) is 5.91 Å². The van der Waals surface area contributed by atoms with E-state index < -0.39 is 0 Å². The molecule has 23 heavy (non-hydrogen) atoms. The van der Waals surface area contributed by atoms with Crippen molar-refractivity contribution >= 4 is 5.91 Å². The van der Waals surface area contributed by atoms with Gasteiger partial charge >= 0.3 is 0 Å². The fraction of sp³-hybridized carbons (Fsp3) is 0.550. The second-order valence-electron chi connectivity index (χ2n) is 6.84. The van der Waals surface area contributed by atoms with Crippen LogP contribution in [0.2, 0.25) is 0 Å². The summed E-state index contributed by atoms with van der Waals surface area (Å²) < 4.78 is 0. The van der Waals surface area contributed by atoms with E-state index in [1.54, 1.807) is 6.08 Å². The number of nitrogens with one attached hydrogen (secondary N) is 1. The highest BCUT2D eigenvalue weighted by atomic mass is 16.1. The van der Waals surface area contributed by atoms with E-state index >= 15 is 0 Å². The fourth-order valence-electron chi connectivity index (χ4n) is 3.06. The van der Waals surface area contributed by atoms with Crippen LogP contribution in [0.5, 0.6) is 0 Å². The number of carbonyl (C=O) groups is 1. The molecule has 1 heterocycles. The van der Waals surface area contributed by atoms with Gasteiger partial charge in [-0.15, -0.1) is 0 Å². The lowest BCUT2D eigenvalue weighted by molar-refractivity contribution is -0.117. The number of hydrogen-bond acceptors (Lipinski definition) is 2. The van der Waals surface area contributed by atoms with E-state index in [-0.39, 0.29) is 5.91 Å². The van der Waals surface area contributed by atoms with Gasteiger partial charge in [-0.1, -0.05) is 50.3 Å². The standard InChI is InChI=1S/C20H30N2O/c1-17(2)12-13-20(23)21-19-11-7-15-22(16-19)14-6-10-18-8-4-3-5-9-18/h3-5,8-9,12-13,17,19H,6-7,10-11,14-16H2,1-2H3,(H,21,23). The average Bonchev–Trinajstić information content (AvgIpc) is 2.54. The first-order chi connectivity index (χ1) is 11.1. The van der Waals surface area contributed by atoms with Crippen molar-refractivity contribution in [3.8, 4) is 0 Å². The summed E-state index contributed by atoms with van der Waals surface area (Å²) >= 11 is 0. The van der Waals surface area contributed by atoms with Gasteiger partial charge in [-0.3, -0.25) is 4.79 Å². The summed E-state index contributed by atoms with van der Waals surface area (Å²) in [6.07, 6.45) is 8.21. The van der Waals surface area contributed by atoms with Crippen molar-refractivity contribution in [2.45, 2.75) is 45.6 Å². The van der Waals surface area contributed by atoms with Crippen LogP contribution in [-0.2, 0) is 11.2 Å². The number of nitrogens with zero attached hydrogens (tertiary/aromatic N) is 1. The van der Waals surface area contributed by atoms with Crippen LogP contribution in [0.4, 0.5) is 0 Å². The van der Waals surface area contributed by atoms with Crippen molar-refractivity contribution in [1.29, 1.82) is 0 Å². The first-order valence-corrected chi connectivity index (χ1v) is 8.88. The maximum absolute atomic E-state index is 11.9. The summed E-state index contributed by atoms with van der Waals surface area (Å²) in [5, 5.41) is 3.14. The molecule has 3 heteroatoms. The van der Waals surface area contributed by atoms with Crippen LogP contribution in [0.3, 0.4) is 0 Å². The summed E-state index contributed by atoms with van der Waals surface area (Å²) in [5.74, 6) is 0.469. The first kappa shape index (κ1) is 17.7. The van der Waals surface area contributed by atoms with Crippen LogP contribution < -0.4 is 5.32 Å². The van der Waals surface area contributed by atoms with Crippen molar-refractivity contribution in [2.24, 2.45) is 5.92 Å². The lowest BCUT2D eigenvalue weighted by Gasteiger charge is -2.33. The molecule has 1 aliphatic heterocycles. The topological polar surface area (TPSA) is 32.3 Å². The van der Waals surface area contributed by atoms with Crippen LogP contribution in [0.1, 0.15) is 38.7 Å². The Hall–Kier alpha value is -1.61. The van der Waals surface area contributed by atoms with Gasteiger partial charge < -0.3 is 10.2 Å². The molecule has 3 nitrogen and oxygen atoms in total. The van der Waals surface area contributed by atoms with Gasteiger partial charge in [0.15, 0.2) is 0 Å². The van der Waals surface area contributed by atoms with E-state index in [9.17, 15) is 4.79 Å². The molecule has 1 fully saturated rings. The molecular weight excluding hydrogens is 284 g/mol. The molecule has 1 aromatic carbocycles. The van der Waals surface area contributed by atoms with Gasteiger partial charge in [0.05, 0.1) is 0 Å². The molecule has 0 radical (unpaired) electrons. The second kappa shape index (κ2) is 9.51.